The van der Waals surface area contributed by atoms with Crippen LogP contribution in [0.3, 0.4) is 0 Å². The van der Waals surface area contributed by atoms with E-state index in [2.05, 4.69) is 4.74 Å². The first-order valence-electron chi connectivity index (χ1n) is 4.13. The maximum absolute atomic E-state index is 11.7. The van der Waals surface area contributed by atoms with E-state index in [0.29, 0.717) is 11.3 Å². The topological polar surface area (TPSA) is 22.4 Å². The molecule has 0 fully saturated rings. The van der Waals surface area contributed by atoms with Crippen molar-refractivity contribution < 1.29 is 17.9 Å². The van der Waals surface area contributed by atoms with Gasteiger partial charge in [-0.1, -0.05) is 18.2 Å². The highest BCUT2D eigenvalue weighted by molar-refractivity contribution is 5.77. The van der Waals surface area contributed by atoms with E-state index in [9.17, 15) is 8.78 Å². The molecule has 2 rings (SSSR count). The molecule has 0 radical (unpaired) electrons. The summed E-state index contributed by atoms with van der Waals surface area (Å²) in [6.07, 6.45) is 0. The number of fused-ring (bicyclic) bond motifs is 1. The summed E-state index contributed by atoms with van der Waals surface area (Å²) in [7, 11) is 0. The van der Waals surface area contributed by atoms with Crippen LogP contribution >= 0.6 is 0 Å². The molecule has 0 saturated heterocycles. The third kappa shape index (κ3) is 1.90. The zero-order valence-electron chi connectivity index (χ0n) is 7.24. The van der Waals surface area contributed by atoms with Gasteiger partial charge in [0.25, 0.3) is 0 Å². The highest BCUT2D eigenvalue weighted by atomic mass is 19.3. The van der Waals surface area contributed by atoms with E-state index in [1.807, 2.05) is 18.2 Å². The van der Waals surface area contributed by atoms with Crippen LogP contribution in [0, 0.1) is 0 Å². The second-order valence-electron chi connectivity index (χ2n) is 2.82. The molecule has 0 aliphatic rings. The Morgan fingerprint density at radius 2 is 2.07 bits per heavy atom. The third-order valence-corrected chi connectivity index (χ3v) is 1.83. The molecule has 0 atom stereocenters. The number of para-hydroxylation sites is 1. The van der Waals surface area contributed by atoms with Crippen LogP contribution in [0.15, 0.2) is 34.7 Å². The first-order chi connectivity index (χ1) is 6.75. The maximum Gasteiger partial charge on any atom is 0.345 e. The van der Waals surface area contributed by atoms with Gasteiger partial charge in [0.2, 0.25) is 0 Å². The fourth-order valence-electron chi connectivity index (χ4n) is 1.25. The van der Waals surface area contributed by atoms with Crippen molar-refractivity contribution in [2.24, 2.45) is 0 Å². The summed E-state index contributed by atoms with van der Waals surface area (Å²) < 4.78 is 32.8. The molecule has 0 spiro atoms. The van der Waals surface area contributed by atoms with Crippen molar-refractivity contribution in [2.45, 2.75) is 13.2 Å². The smallest absolute Gasteiger partial charge is 0.345 e. The molecule has 0 amide bonds. The van der Waals surface area contributed by atoms with Crippen molar-refractivity contribution in [2.75, 3.05) is 0 Å². The molecule has 74 valence electrons. The van der Waals surface area contributed by atoms with Crippen LogP contribution in [0.2, 0.25) is 0 Å². The van der Waals surface area contributed by atoms with Crippen molar-refractivity contribution in [3.05, 3.63) is 36.1 Å². The van der Waals surface area contributed by atoms with Crippen molar-refractivity contribution in [3.8, 4) is 0 Å². The van der Waals surface area contributed by atoms with E-state index in [1.54, 1.807) is 12.1 Å². The number of ether oxygens (including phenoxy) is 1. The summed E-state index contributed by atoms with van der Waals surface area (Å²) in [5.74, 6) is 0.409. The van der Waals surface area contributed by atoms with Crippen LogP contribution < -0.4 is 0 Å². The van der Waals surface area contributed by atoms with Crippen molar-refractivity contribution in [1.29, 1.82) is 0 Å². The highest BCUT2D eigenvalue weighted by Crippen LogP contribution is 2.19. The van der Waals surface area contributed by atoms with Crippen LogP contribution in [0.4, 0.5) is 8.78 Å². The second-order valence-corrected chi connectivity index (χ2v) is 2.82. The Labute approximate surface area is 79.1 Å². The van der Waals surface area contributed by atoms with Gasteiger partial charge in [-0.15, -0.1) is 0 Å². The summed E-state index contributed by atoms with van der Waals surface area (Å²) in [4.78, 5) is 0. The normalized spacial score (nSPS) is 11.4. The minimum Gasteiger partial charge on any atom is -0.459 e. The molecule has 14 heavy (non-hydrogen) atoms. The number of benzene rings is 1. The van der Waals surface area contributed by atoms with Crippen LogP contribution in [0.25, 0.3) is 11.0 Å². The lowest BCUT2D eigenvalue weighted by Crippen LogP contribution is -1.97. The van der Waals surface area contributed by atoms with Gasteiger partial charge in [-0.05, 0) is 12.1 Å². The van der Waals surface area contributed by atoms with Crippen molar-refractivity contribution >= 4 is 11.0 Å². The number of alkyl halides is 2. The Morgan fingerprint density at radius 3 is 2.79 bits per heavy atom. The van der Waals surface area contributed by atoms with Crippen LogP contribution in [0.5, 0.6) is 0 Å². The molecule has 0 N–H and O–H groups in total. The first-order valence-corrected chi connectivity index (χ1v) is 4.13. The molecule has 2 aromatic rings. The minimum atomic E-state index is -2.76. The largest absolute Gasteiger partial charge is 0.459 e. The molecule has 1 aromatic heterocycles. The molecule has 0 saturated carbocycles. The molecule has 0 aliphatic carbocycles. The summed E-state index contributed by atoms with van der Waals surface area (Å²) in [6.45, 7) is -2.96. The van der Waals surface area contributed by atoms with Crippen LogP contribution in [-0.4, -0.2) is 6.61 Å². The van der Waals surface area contributed by atoms with Crippen molar-refractivity contribution in [1.82, 2.24) is 0 Å². The Balaban J connectivity index is 2.19. The molecule has 1 heterocycles. The van der Waals surface area contributed by atoms with Gasteiger partial charge in [0, 0.05) is 5.39 Å². The Bertz CT molecular complexity index is 390. The zero-order valence-corrected chi connectivity index (χ0v) is 7.24. The van der Waals surface area contributed by atoms with E-state index < -0.39 is 6.61 Å². The number of hydrogen-bond acceptors (Lipinski definition) is 2. The van der Waals surface area contributed by atoms with Crippen LogP contribution in [0.1, 0.15) is 5.76 Å². The lowest BCUT2D eigenvalue weighted by atomic mass is 10.2. The van der Waals surface area contributed by atoms with Gasteiger partial charge < -0.3 is 9.15 Å². The predicted octanol–water partition coefficient (Wildman–Crippen LogP) is 3.17. The Morgan fingerprint density at radius 1 is 1.29 bits per heavy atom. The van der Waals surface area contributed by atoms with Gasteiger partial charge in [-0.25, -0.2) is 0 Å². The van der Waals surface area contributed by atoms with Gasteiger partial charge >= 0.3 is 6.61 Å². The van der Waals surface area contributed by atoms with Crippen LogP contribution in [-0.2, 0) is 11.3 Å². The summed E-state index contributed by atoms with van der Waals surface area (Å²) in [6, 6.07) is 9.00. The lowest BCUT2D eigenvalue weighted by molar-refractivity contribution is -0.140. The molecule has 4 heteroatoms. The average Bonchev–Trinajstić information content (AvgIpc) is 2.57. The molecular formula is C10H8F2O2. The van der Waals surface area contributed by atoms with Gasteiger partial charge in [-0.3, -0.25) is 0 Å². The molecule has 0 aliphatic heterocycles. The standard InChI is InChI=1S/C10H8F2O2/c11-10(12)13-6-8-5-7-3-1-2-4-9(7)14-8/h1-5,10H,6H2. The SMILES string of the molecule is FC(F)OCc1cc2ccccc2o1. The lowest BCUT2D eigenvalue weighted by Gasteiger charge is -1.97. The van der Waals surface area contributed by atoms with E-state index >= 15 is 0 Å². The molecular weight excluding hydrogens is 190 g/mol. The van der Waals surface area contributed by atoms with E-state index in [0.717, 1.165) is 5.39 Å². The molecule has 2 nitrogen and oxygen atoms in total. The fourth-order valence-corrected chi connectivity index (χ4v) is 1.25. The number of furan rings is 1. The quantitative estimate of drug-likeness (QED) is 0.755. The van der Waals surface area contributed by atoms with Gasteiger partial charge in [0.1, 0.15) is 18.0 Å². The summed E-state index contributed by atoms with van der Waals surface area (Å²) in [5, 5.41) is 0.889. The zero-order chi connectivity index (χ0) is 9.97. The highest BCUT2D eigenvalue weighted by Gasteiger charge is 2.06. The van der Waals surface area contributed by atoms with E-state index in [4.69, 9.17) is 4.42 Å². The summed E-state index contributed by atoms with van der Waals surface area (Å²) >= 11 is 0. The predicted molar refractivity (Wildman–Crippen MR) is 47.0 cm³/mol. The van der Waals surface area contributed by atoms with Gasteiger partial charge in [0.15, 0.2) is 0 Å². The third-order valence-electron chi connectivity index (χ3n) is 1.83. The molecule has 0 bridgehead atoms. The Kier molecular flexibility index (Phi) is 2.45. The number of rotatable bonds is 3. The molecule has 0 unspecified atom stereocenters. The maximum atomic E-state index is 11.7. The molecule has 1 aromatic carbocycles. The number of hydrogen-bond donors (Lipinski definition) is 0. The monoisotopic (exact) mass is 198 g/mol. The first kappa shape index (κ1) is 9.15. The van der Waals surface area contributed by atoms with Gasteiger partial charge in [0.05, 0.1) is 0 Å². The second kappa shape index (κ2) is 3.75. The van der Waals surface area contributed by atoms with E-state index in [-0.39, 0.29) is 6.61 Å². The number of halogens is 2. The Hall–Kier alpha value is -1.42. The fraction of sp³-hybridized carbons (Fsp3) is 0.200. The average molecular weight is 198 g/mol. The summed E-state index contributed by atoms with van der Waals surface area (Å²) in [5.41, 5.74) is 0.681. The minimum absolute atomic E-state index is 0.202. The van der Waals surface area contributed by atoms with Gasteiger partial charge in [-0.2, -0.15) is 8.78 Å². The van der Waals surface area contributed by atoms with E-state index in [1.165, 1.54) is 0 Å². The van der Waals surface area contributed by atoms with Crippen molar-refractivity contribution in [3.63, 3.8) is 0 Å².